The zero-order valence-electron chi connectivity index (χ0n) is 10.9. The second kappa shape index (κ2) is 6.60. The van der Waals surface area contributed by atoms with Crippen LogP contribution in [0.4, 0.5) is 5.82 Å². The van der Waals surface area contributed by atoms with Crippen LogP contribution in [0.15, 0.2) is 18.3 Å². The summed E-state index contributed by atoms with van der Waals surface area (Å²) in [6.45, 7) is 5.70. The lowest BCUT2D eigenvalue weighted by molar-refractivity contribution is -0.122. The zero-order chi connectivity index (χ0) is 13.5. The summed E-state index contributed by atoms with van der Waals surface area (Å²) in [6, 6.07) is 5.09. The molecule has 1 aromatic rings. The normalized spacial score (nSPS) is 13.2. The number of nitrogens with zero attached hydrogens (tertiary/aromatic N) is 2. The molecule has 1 amide bonds. The fourth-order valence-corrected chi connectivity index (χ4v) is 1.35. The Morgan fingerprint density at radius 3 is 2.89 bits per heavy atom. The van der Waals surface area contributed by atoms with Crippen LogP contribution >= 0.6 is 0 Å². The summed E-state index contributed by atoms with van der Waals surface area (Å²) >= 11 is 0. The summed E-state index contributed by atoms with van der Waals surface area (Å²) in [5, 5.41) is 14.7. The molecule has 0 bridgehead atoms. The minimum Gasteiger partial charge on any atom is -0.358 e. The van der Waals surface area contributed by atoms with Gasteiger partial charge in [0.15, 0.2) is 0 Å². The van der Waals surface area contributed by atoms with Crippen molar-refractivity contribution in [2.24, 2.45) is 0 Å². The van der Waals surface area contributed by atoms with Crippen molar-refractivity contribution < 1.29 is 4.79 Å². The van der Waals surface area contributed by atoms with Crippen molar-refractivity contribution in [3.63, 3.8) is 0 Å². The molecular formula is C13H18N4O. The number of carbonyl (C=O) groups excluding carboxylic acids is 1. The van der Waals surface area contributed by atoms with Crippen molar-refractivity contribution in [3.8, 4) is 6.07 Å². The summed E-state index contributed by atoms with van der Waals surface area (Å²) in [6.07, 6.45) is 2.47. The van der Waals surface area contributed by atoms with Gasteiger partial charge in [0.1, 0.15) is 17.9 Å². The van der Waals surface area contributed by atoms with Crippen LogP contribution < -0.4 is 10.6 Å². The third-order valence-electron chi connectivity index (χ3n) is 2.68. The van der Waals surface area contributed by atoms with Crippen LogP contribution in [0.25, 0.3) is 0 Å². The van der Waals surface area contributed by atoms with Gasteiger partial charge in [-0.15, -0.1) is 0 Å². The largest absolute Gasteiger partial charge is 0.358 e. The van der Waals surface area contributed by atoms with E-state index in [-0.39, 0.29) is 11.9 Å². The Hall–Kier alpha value is -2.09. The van der Waals surface area contributed by atoms with E-state index in [2.05, 4.69) is 15.6 Å². The molecule has 0 aliphatic heterocycles. The number of hydrogen-bond donors (Lipinski definition) is 2. The maximum Gasteiger partial charge on any atom is 0.242 e. The highest BCUT2D eigenvalue weighted by Crippen LogP contribution is 2.11. The quantitative estimate of drug-likeness (QED) is 0.828. The van der Waals surface area contributed by atoms with Gasteiger partial charge in [0.05, 0.1) is 5.56 Å². The molecule has 1 rings (SSSR count). The molecule has 2 N–H and O–H groups in total. The van der Waals surface area contributed by atoms with E-state index in [1.165, 1.54) is 0 Å². The van der Waals surface area contributed by atoms with Crippen LogP contribution in [0.1, 0.15) is 32.8 Å². The van der Waals surface area contributed by atoms with Gasteiger partial charge in [-0.05, 0) is 32.4 Å². The first-order valence-electron chi connectivity index (χ1n) is 6.00. The Bertz CT molecular complexity index is 453. The number of rotatable bonds is 5. The van der Waals surface area contributed by atoms with E-state index in [9.17, 15) is 4.79 Å². The molecule has 0 aliphatic rings. The average molecular weight is 246 g/mol. The molecule has 1 aromatic heterocycles. The van der Waals surface area contributed by atoms with E-state index in [1.54, 1.807) is 25.3 Å². The second-order valence-electron chi connectivity index (χ2n) is 4.20. The summed E-state index contributed by atoms with van der Waals surface area (Å²) < 4.78 is 0. The van der Waals surface area contributed by atoms with Crippen LogP contribution in [-0.4, -0.2) is 23.0 Å². The summed E-state index contributed by atoms with van der Waals surface area (Å²) in [5.41, 5.74) is 0.431. The lowest BCUT2D eigenvalue weighted by atomic mass is 10.2. The standard InChI is InChI=1S/C13H18N4O/c1-4-9(2)16-13(18)10(3)17-12-11(8-14)6-5-7-15-12/h5-7,9-10H,4H2,1-3H3,(H,15,17)(H,16,18). The summed E-state index contributed by atoms with van der Waals surface area (Å²) in [7, 11) is 0. The molecule has 1 heterocycles. The molecule has 0 radical (unpaired) electrons. The predicted molar refractivity (Wildman–Crippen MR) is 69.9 cm³/mol. The maximum atomic E-state index is 11.8. The molecular weight excluding hydrogens is 228 g/mol. The SMILES string of the molecule is CCC(C)NC(=O)C(C)Nc1ncccc1C#N. The Labute approximate surface area is 107 Å². The van der Waals surface area contributed by atoms with Crippen molar-refractivity contribution in [1.82, 2.24) is 10.3 Å². The van der Waals surface area contributed by atoms with E-state index in [0.29, 0.717) is 11.4 Å². The van der Waals surface area contributed by atoms with Crippen LogP contribution in [0, 0.1) is 11.3 Å². The van der Waals surface area contributed by atoms with E-state index in [4.69, 9.17) is 5.26 Å². The first kappa shape index (κ1) is 14.0. The van der Waals surface area contributed by atoms with Crippen LogP contribution in [-0.2, 0) is 4.79 Å². The van der Waals surface area contributed by atoms with Crippen molar-refractivity contribution in [3.05, 3.63) is 23.9 Å². The van der Waals surface area contributed by atoms with E-state index in [0.717, 1.165) is 6.42 Å². The first-order valence-corrected chi connectivity index (χ1v) is 6.00. The van der Waals surface area contributed by atoms with Crippen LogP contribution in [0.5, 0.6) is 0 Å². The number of nitrogens with one attached hydrogen (secondary N) is 2. The van der Waals surface area contributed by atoms with E-state index < -0.39 is 6.04 Å². The molecule has 0 aliphatic carbocycles. The fraction of sp³-hybridized carbons (Fsp3) is 0.462. The molecule has 0 fully saturated rings. The molecule has 0 aromatic carbocycles. The van der Waals surface area contributed by atoms with Crippen LogP contribution in [0.2, 0.25) is 0 Å². The lowest BCUT2D eigenvalue weighted by Crippen LogP contribution is -2.42. The minimum absolute atomic E-state index is 0.0982. The third-order valence-corrected chi connectivity index (χ3v) is 2.68. The van der Waals surface area contributed by atoms with Gasteiger partial charge < -0.3 is 10.6 Å². The van der Waals surface area contributed by atoms with Gasteiger partial charge in [-0.2, -0.15) is 5.26 Å². The van der Waals surface area contributed by atoms with Crippen molar-refractivity contribution in [1.29, 1.82) is 5.26 Å². The lowest BCUT2D eigenvalue weighted by Gasteiger charge is -2.18. The number of amides is 1. The monoisotopic (exact) mass is 246 g/mol. The van der Waals surface area contributed by atoms with Crippen molar-refractivity contribution in [2.75, 3.05) is 5.32 Å². The number of aromatic nitrogens is 1. The third kappa shape index (κ3) is 3.74. The zero-order valence-corrected chi connectivity index (χ0v) is 10.9. The topological polar surface area (TPSA) is 77.8 Å². The molecule has 5 heteroatoms. The maximum absolute atomic E-state index is 11.8. The molecule has 18 heavy (non-hydrogen) atoms. The van der Waals surface area contributed by atoms with Crippen molar-refractivity contribution >= 4 is 11.7 Å². The molecule has 96 valence electrons. The Morgan fingerprint density at radius 1 is 1.56 bits per heavy atom. The van der Waals surface area contributed by atoms with E-state index in [1.807, 2.05) is 19.9 Å². The second-order valence-corrected chi connectivity index (χ2v) is 4.20. The smallest absolute Gasteiger partial charge is 0.242 e. The first-order chi connectivity index (χ1) is 8.58. The van der Waals surface area contributed by atoms with Gasteiger partial charge in [0.2, 0.25) is 5.91 Å². The average Bonchev–Trinajstić information content (AvgIpc) is 2.39. The summed E-state index contributed by atoms with van der Waals surface area (Å²) in [4.78, 5) is 15.9. The number of anilines is 1. The Kier molecular flexibility index (Phi) is 5.12. The molecule has 0 spiro atoms. The highest BCUT2D eigenvalue weighted by atomic mass is 16.2. The number of pyridine rings is 1. The molecule has 2 atom stereocenters. The Balaban J connectivity index is 2.67. The molecule has 2 unspecified atom stereocenters. The van der Waals surface area contributed by atoms with Gasteiger partial charge in [-0.25, -0.2) is 4.98 Å². The molecule has 0 saturated carbocycles. The number of hydrogen-bond acceptors (Lipinski definition) is 4. The Morgan fingerprint density at radius 2 is 2.28 bits per heavy atom. The van der Waals surface area contributed by atoms with Gasteiger partial charge >= 0.3 is 0 Å². The van der Waals surface area contributed by atoms with Crippen LogP contribution in [0.3, 0.4) is 0 Å². The summed E-state index contributed by atoms with van der Waals surface area (Å²) in [5.74, 6) is 0.339. The van der Waals surface area contributed by atoms with Gasteiger partial charge in [-0.1, -0.05) is 6.92 Å². The predicted octanol–water partition coefficient (Wildman–Crippen LogP) is 1.67. The number of nitriles is 1. The molecule has 5 nitrogen and oxygen atoms in total. The van der Waals surface area contributed by atoms with Gasteiger partial charge in [0.25, 0.3) is 0 Å². The fourth-order valence-electron chi connectivity index (χ4n) is 1.35. The molecule has 0 saturated heterocycles. The van der Waals surface area contributed by atoms with E-state index >= 15 is 0 Å². The van der Waals surface area contributed by atoms with Gasteiger partial charge in [-0.3, -0.25) is 4.79 Å². The van der Waals surface area contributed by atoms with Crippen molar-refractivity contribution in [2.45, 2.75) is 39.3 Å². The highest BCUT2D eigenvalue weighted by molar-refractivity contribution is 5.84. The highest BCUT2D eigenvalue weighted by Gasteiger charge is 2.16. The van der Waals surface area contributed by atoms with Gasteiger partial charge in [0, 0.05) is 12.2 Å². The minimum atomic E-state index is -0.430. The number of carbonyl (C=O) groups is 1.